The van der Waals surface area contributed by atoms with Crippen LogP contribution in [0, 0.1) is 0 Å². The fraction of sp³-hybridized carbons (Fsp3) is 0.538. The second kappa shape index (κ2) is 22.7. The summed E-state index contributed by atoms with van der Waals surface area (Å²) < 4.78 is 0. The lowest BCUT2D eigenvalue weighted by atomic mass is 10.3. The summed E-state index contributed by atoms with van der Waals surface area (Å²) in [5.74, 6) is 0. The van der Waals surface area contributed by atoms with Gasteiger partial charge in [-0.25, -0.2) is 0 Å². The van der Waals surface area contributed by atoms with E-state index in [1.165, 1.54) is 12.8 Å². The maximum absolute atomic E-state index is 3.33. The molecule has 84 valence electrons. The zero-order valence-electron chi connectivity index (χ0n) is 9.06. The molecule has 0 saturated carbocycles. The third kappa shape index (κ3) is 30.6. The highest BCUT2D eigenvalue weighted by atomic mass is 14.8. The van der Waals surface area contributed by atoms with E-state index in [-0.39, 0.29) is 8.85 Å². The molecule has 0 bridgehead atoms. The van der Waals surface area contributed by atoms with Crippen molar-refractivity contribution in [2.75, 3.05) is 13.6 Å². The van der Waals surface area contributed by atoms with E-state index in [4.69, 9.17) is 0 Å². The van der Waals surface area contributed by atoms with Crippen LogP contribution < -0.4 is 5.32 Å². The van der Waals surface area contributed by atoms with Crippen LogP contribution in [-0.4, -0.2) is 13.6 Å². The topological polar surface area (TPSA) is 12.0 Å². The SMILES string of the molecule is C.C=C=C=C/C=C/C.CCCCNC.[HH]. The van der Waals surface area contributed by atoms with Crippen molar-refractivity contribution in [3.05, 3.63) is 36.3 Å². The minimum atomic E-state index is 0. The molecule has 0 aromatic carbocycles. The van der Waals surface area contributed by atoms with Crippen LogP contribution in [0.3, 0.4) is 0 Å². The van der Waals surface area contributed by atoms with Gasteiger partial charge < -0.3 is 5.32 Å². The predicted molar refractivity (Wildman–Crippen MR) is 69.7 cm³/mol. The molecule has 0 saturated heterocycles. The van der Waals surface area contributed by atoms with Gasteiger partial charge in [-0.3, -0.25) is 0 Å². The highest BCUT2D eigenvalue weighted by Crippen LogP contribution is 1.79. The van der Waals surface area contributed by atoms with E-state index >= 15 is 0 Å². The van der Waals surface area contributed by atoms with E-state index in [1.54, 1.807) is 6.08 Å². The summed E-state index contributed by atoms with van der Waals surface area (Å²) in [5, 5.41) is 3.07. The summed E-state index contributed by atoms with van der Waals surface area (Å²) >= 11 is 0. The zero-order valence-corrected chi connectivity index (χ0v) is 9.06. The molecule has 0 heterocycles. The summed E-state index contributed by atoms with van der Waals surface area (Å²) in [6.07, 6.45) is 8.15. The van der Waals surface area contributed by atoms with Crippen molar-refractivity contribution < 1.29 is 1.43 Å². The molecule has 0 aliphatic carbocycles. The van der Waals surface area contributed by atoms with E-state index < -0.39 is 0 Å². The van der Waals surface area contributed by atoms with Crippen molar-refractivity contribution >= 4 is 0 Å². The first-order valence-electron chi connectivity index (χ1n) is 4.70. The third-order valence-corrected chi connectivity index (χ3v) is 1.25. The first kappa shape index (κ1) is 18.7. The summed E-state index contributed by atoms with van der Waals surface area (Å²) in [7, 11) is 1.98. The molecular weight excluding hydrogens is 170 g/mol. The second-order valence-corrected chi connectivity index (χ2v) is 2.47. The van der Waals surface area contributed by atoms with Gasteiger partial charge in [-0.05, 0) is 39.6 Å². The highest BCUT2D eigenvalue weighted by Gasteiger charge is 1.73. The minimum absolute atomic E-state index is 0. The van der Waals surface area contributed by atoms with Gasteiger partial charge in [0.25, 0.3) is 0 Å². The summed E-state index contributed by atoms with van der Waals surface area (Å²) in [6.45, 7) is 8.63. The van der Waals surface area contributed by atoms with Crippen LogP contribution in [0.2, 0.25) is 0 Å². The molecule has 14 heavy (non-hydrogen) atoms. The van der Waals surface area contributed by atoms with E-state index in [1.807, 2.05) is 26.1 Å². The van der Waals surface area contributed by atoms with Crippen LogP contribution in [0.1, 0.15) is 35.5 Å². The van der Waals surface area contributed by atoms with Crippen LogP contribution in [0.15, 0.2) is 36.3 Å². The van der Waals surface area contributed by atoms with Crippen molar-refractivity contribution in [2.45, 2.75) is 34.1 Å². The Labute approximate surface area is 91.4 Å². The Bertz CT molecular complexity index is 181. The van der Waals surface area contributed by atoms with Crippen molar-refractivity contribution in [3.8, 4) is 0 Å². The van der Waals surface area contributed by atoms with Gasteiger partial charge in [-0.2, -0.15) is 0 Å². The van der Waals surface area contributed by atoms with Gasteiger partial charge in [0.2, 0.25) is 0 Å². The Morgan fingerprint density at radius 2 is 2.14 bits per heavy atom. The molecule has 0 unspecified atom stereocenters. The van der Waals surface area contributed by atoms with E-state index in [0.717, 1.165) is 6.54 Å². The van der Waals surface area contributed by atoms with Gasteiger partial charge in [-0.1, -0.05) is 44.4 Å². The lowest BCUT2D eigenvalue weighted by molar-refractivity contribution is 0.711. The van der Waals surface area contributed by atoms with Crippen LogP contribution in [0.5, 0.6) is 0 Å². The number of nitrogens with one attached hydrogen (secondary N) is 1. The monoisotopic (exact) mass is 197 g/mol. The third-order valence-electron chi connectivity index (χ3n) is 1.25. The Kier molecular flexibility index (Phi) is 30.3. The molecular formula is C13H27N. The number of allylic oxidation sites excluding steroid dienone is 3. The average Bonchev–Trinajstić information content (AvgIpc) is 2.17. The molecule has 1 N–H and O–H groups in total. The highest BCUT2D eigenvalue weighted by molar-refractivity contribution is 4.99. The number of unbranched alkanes of at least 4 members (excludes halogenated alkanes) is 1. The fourth-order valence-corrected chi connectivity index (χ4v) is 0.557. The molecule has 0 aromatic heterocycles. The Hall–Kier alpha value is -1.00. The summed E-state index contributed by atoms with van der Waals surface area (Å²) in [5.41, 5.74) is 5.17. The molecule has 0 fully saturated rings. The van der Waals surface area contributed by atoms with E-state index in [0.29, 0.717) is 0 Å². The maximum atomic E-state index is 3.33. The van der Waals surface area contributed by atoms with Crippen LogP contribution >= 0.6 is 0 Å². The van der Waals surface area contributed by atoms with Gasteiger partial charge >= 0.3 is 0 Å². The Morgan fingerprint density at radius 1 is 1.50 bits per heavy atom. The molecule has 1 nitrogen and oxygen atoms in total. The first-order chi connectivity index (χ1) is 6.33. The van der Waals surface area contributed by atoms with Gasteiger partial charge in [-0.15, -0.1) is 0 Å². The van der Waals surface area contributed by atoms with Gasteiger partial charge in [0, 0.05) is 1.43 Å². The van der Waals surface area contributed by atoms with Crippen LogP contribution in [0.4, 0.5) is 0 Å². The van der Waals surface area contributed by atoms with E-state index in [2.05, 4.69) is 30.3 Å². The normalized spacial score (nSPS) is 7.64. The van der Waals surface area contributed by atoms with Gasteiger partial charge in [0.1, 0.15) is 0 Å². The van der Waals surface area contributed by atoms with Gasteiger partial charge in [0.15, 0.2) is 0 Å². The second-order valence-electron chi connectivity index (χ2n) is 2.47. The standard InChI is InChI=1S/C7H8.C5H13N.CH4.H2/c1-3-5-7-6-4-2;1-3-4-5-6-2;;/h4,6-7H,1H2,2H3;6H,3-5H2,1-2H3;1H4;1H/b6-4+;;;. The number of hydrogen-bond acceptors (Lipinski definition) is 1. The maximum Gasteiger partial charge on any atom is 0 e. The van der Waals surface area contributed by atoms with Crippen LogP contribution in [-0.2, 0) is 0 Å². The first-order valence-corrected chi connectivity index (χ1v) is 4.70. The van der Waals surface area contributed by atoms with E-state index in [9.17, 15) is 0 Å². The summed E-state index contributed by atoms with van der Waals surface area (Å²) in [6, 6.07) is 0. The van der Waals surface area contributed by atoms with Crippen molar-refractivity contribution in [1.82, 2.24) is 5.32 Å². The molecule has 0 amide bonds. The van der Waals surface area contributed by atoms with Gasteiger partial charge in [0.05, 0.1) is 0 Å². The lowest BCUT2D eigenvalue weighted by Crippen LogP contribution is -2.06. The lowest BCUT2D eigenvalue weighted by Gasteiger charge is -1.89. The molecule has 0 radical (unpaired) electrons. The quantitative estimate of drug-likeness (QED) is 0.409. The largest absolute Gasteiger partial charge is 0.320 e. The molecule has 1 heteroatoms. The summed E-state index contributed by atoms with van der Waals surface area (Å²) in [4.78, 5) is 0. The smallest absolute Gasteiger partial charge is 0 e. The Morgan fingerprint density at radius 3 is 2.43 bits per heavy atom. The minimum Gasteiger partial charge on any atom is -0.320 e. The molecule has 0 aliphatic heterocycles. The zero-order chi connectivity index (χ0) is 10.4. The predicted octanol–water partition coefficient (Wildman–Crippen LogP) is 3.95. The Balaban J connectivity index is -0.0000000718. The number of hydrogen-bond donors (Lipinski definition) is 1. The van der Waals surface area contributed by atoms with Crippen molar-refractivity contribution in [2.24, 2.45) is 0 Å². The molecule has 0 atom stereocenters. The molecule has 0 spiro atoms. The van der Waals surface area contributed by atoms with Crippen molar-refractivity contribution in [1.29, 1.82) is 0 Å². The molecule has 0 rings (SSSR count). The van der Waals surface area contributed by atoms with Crippen LogP contribution in [0.25, 0.3) is 0 Å². The fourth-order valence-electron chi connectivity index (χ4n) is 0.557. The molecule has 0 aromatic rings. The molecule has 0 aliphatic rings. The number of rotatable bonds is 4. The average molecular weight is 197 g/mol. The van der Waals surface area contributed by atoms with Crippen molar-refractivity contribution in [3.63, 3.8) is 0 Å².